The first-order valence-corrected chi connectivity index (χ1v) is 10.0. The summed E-state index contributed by atoms with van der Waals surface area (Å²) in [4.78, 5) is 22.2. The first kappa shape index (κ1) is 20.4. The molecule has 0 aliphatic heterocycles. The molecular formula is C18H24BrN5OS. The molecule has 0 aliphatic rings. The minimum atomic E-state index is -0.159. The van der Waals surface area contributed by atoms with Crippen LogP contribution in [0.1, 0.15) is 28.1 Å². The Morgan fingerprint density at radius 1 is 1.27 bits per heavy atom. The standard InChI is InChI=1S/C18H24BrN5OS/c1-5-20-18(21-9-16-12(3)23-13(4)26-16)22-10-17(25)24-15-8-14(19)7-6-11(15)2/h6-8H,5,9-10H2,1-4H3,(H,24,25)(H2,20,21,22). The molecule has 0 bridgehead atoms. The molecule has 3 N–H and O–H groups in total. The van der Waals surface area contributed by atoms with Crippen molar-refractivity contribution in [2.24, 2.45) is 4.99 Å². The predicted octanol–water partition coefficient (Wildman–Crippen LogP) is 3.52. The van der Waals surface area contributed by atoms with Gasteiger partial charge in [-0.2, -0.15) is 0 Å². The van der Waals surface area contributed by atoms with Gasteiger partial charge in [0.15, 0.2) is 5.96 Å². The number of benzene rings is 1. The lowest BCUT2D eigenvalue weighted by Gasteiger charge is -2.11. The number of carbonyl (C=O) groups excluding carboxylic acids is 1. The predicted molar refractivity (Wildman–Crippen MR) is 112 cm³/mol. The molecule has 1 aromatic heterocycles. The monoisotopic (exact) mass is 437 g/mol. The van der Waals surface area contributed by atoms with Gasteiger partial charge in [0.1, 0.15) is 6.54 Å². The molecule has 0 unspecified atom stereocenters. The van der Waals surface area contributed by atoms with Crippen LogP contribution in [0.3, 0.4) is 0 Å². The summed E-state index contributed by atoms with van der Waals surface area (Å²) in [6.07, 6.45) is 0. The molecule has 0 spiro atoms. The maximum Gasteiger partial charge on any atom is 0.246 e. The van der Waals surface area contributed by atoms with Crippen molar-refractivity contribution in [2.75, 3.05) is 18.4 Å². The Balaban J connectivity index is 1.95. The van der Waals surface area contributed by atoms with Crippen molar-refractivity contribution < 1.29 is 4.79 Å². The molecular weight excluding hydrogens is 414 g/mol. The number of nitrogens with one attached hydrogen (secondary N) is 3. The van der Waals surface area contributed by atoms with Crippen LogP contribution in [-0.2, 0) is 11.3 Å². The Morgan fingerprint density at radius 3 is 2.69 bits per heavy atom. The molecule has 8 heteroatoms. The molecule has 0 aliphatic carbocycles. The average Bonchev–Trinajstić information content (AvgIpc) is 2.91. The Labute approximate surface area is 166 Å². The normalized spacial score (nSPS) is 11.3. The number of halogens is 1. The number of hydrogen-bond donors (Lipinski definition) is 3. The van der Waals surface area contributed by atoms with Gasteiger partial charge < -0.3 is 16.0 Å². The van der Waals surface area contributed by atoms with Crippen LogP contribution in [0.15, 0.2) is 27.7 Å². The van der Waals surface area contributed by atoms with E-state index in [0.717, 1.165) is 33.0 Å². The van der Waals surface area contributed by atoms with Crippen molar-refractivity contribution in [3.63, 3.8) is 0 Å². The Hall–Kier alpha value is -1.93. The number of guanidine groups is 1. The molecule has 1 amide bonds. The Morgan fingerprint density at radius 2 is 2.04 bits per heavy atom. The largest absolute Gasteiger partial charge is 0.357 e. The molecule has 26 heavy (non-hydrogen) atoms. The smallest absolute Gasteiger partial charge is 0.246 e. The highest BCUT2D eigenvalue weighted by Crippen LogP contribution is 2.20. The zero-order valence-electron chi connectivity index (χ0n) is 15.4. The van der Waals surface area contributed by atoms with Gasteiger partial charge in [0.05, 0.1) is 17.2 Å². The summed E-state index contributed by atoms with van der Waals surface area (Å²) < 4.78 is 0.923. The van der Waals surface area contributed by atoms with Gasteiger partial charge in [0.25, 0.3) is 0 Å². The fraction of sp³-hybridized carbons (Fsp3) is 0.389. The number of hydrogen-bond acceptors (Lipinski definition) is 4. The highest BCUT2D eigenvalue weighted by molar-refractivity contribution is 9.10. The molecule has 0 saturated heterocycles. The highest BCUT2D eigenvalue weighted by Gasteiger charge is 2.08. The average molecular weight is 438 g/mol. The number of carbonyl (C=O) groups is 1. The van der Waals surface area contributed by atoms with Gasteiger partial charge in [-0.1, -0.05) is 22.0 Å². The number of thiazole rings is 1. The fourth-order valence-corrected chi connectivity index (χ4v) is 3.55. The van der Waals surface area contributed by atoms with Crippen LogP contribution in [0.25, 0.3) is 0 Å². The summed E-state index contributed by atoms with van der Waals surface area (Å²) >= 11 is 5.08. The van der Waals surface area contributed by atoms with E-state index in [1.54, 1.807) is 11.3 Å². The molecule has 0 atom stereocenters. The second-order valence-corrected chi connectivity index (χ2v) is 8.00. The Bertz CT molecular complexity index is 803. The van der Waals surface area contributed by atoms with Crippen molar-refractivity contribution >= 4 is 44.8 Å². The SMILES string of the molecule is CCNC(=NCC(=O)Nc1cc(Br)ccc1C)NCc1sc(C)nc1C. The van der Waals surface area contributed by atoms with Gasteiger partial charge in [0.2, 0.25) is 5.91 Å². The molecule has 0 radical (unpaired) electrons. The van der Waals surface area contributed by atoms with Gasteiger partial charge >= 0.3 is 0 Å². The molecule has 2 rings (SSSR count). The highest BCUT2D eigenvalue weighted by atomic mass is 79.9. The van der Waals surface area contributed by atoms with E-state index in [1.165, 1.54) is 4.88 Å². The van der Waals surface area contributed by atoms with E-state index in [4.69, 9.17) is 0 Å². The van der Waals surface area contributed by atoms with Crippen LogP contribution >= 0.6 is 27.3 Å². The van der Waals surface area contributed by atoms with Crippen LogP contribution in [-0.4, -0.2) is 29.9 Å². The van der Waals surface area contributed by atoms with Gasteiger partial charge in [-0.25, -0.2) is 9.98 Å². The third kappa shape index (κ3) is 6.10. The zero-order valence-corrected chi connectivity index (χ0v) is 17.8. The number of aryl methyl sites for hydroxylation is 3. The second kappa shape index (κ2) is 9.68. The van der Waals surface area contributed by atoms with Crippen molar-refractivity contribution in [2.45, 2.75) is 34.2 Å². The van der Waals surface area contributed by atoms with Gasteiger partial charge in [-0.05, 0) is 45.4 Å². The molecule has 0 saturated carbocycles. The van der Waals surface area contributed by atoms with E-state index in [0.29, 0.717) is 12.5 Å². The maximum absolute atomic E-state index is 12.2. The summed E-state index contributed by atoms with van der Waals surface area (Å²) in [5.41, 5.74) is 2.82. The molecule has 0 fully saturated rings. The third-order valence-corrected chi connectivity index (χ3v) is 5.18. The third-order valence-electron chi connectivity index (χ3n) is 3.61. The molecule has 1 aromatic carbocycles. The minimum Gasteiger partial charge on any atom is -0.357 e. The maximum atomic E-state index is 12.2. The quantitative estimate of drug-likeness (QED) is 0.477. The first-order valence-electron chi connectivity index (χ1n) is 8.40. The van der Waals surface area contributed by atoms with E-state index >= 15 is 0 Å². The summed E-state index contributed by atoms with van der Waals surface area (Å²) in [6, 6.07) is 5.78. The number of nitrogens with zero attached hydrogens (tertiary/aromatic N) is 2. The number of rotatable bonds is 6. The molecule has 140 valence electrons. The van der Waals surface area contributed by atoms with E-state index in [1.807, 2.05) is 45.9 Å². The lowest BCUT2D eigenvalue weighted by atomic mass is 10.2. The van der Waals surface area contributed by atoms with Crippen LogP contribution in [0, 0.1) is 20.8 Å². The fourth-order valence-electron chi connectivity index (χ4n) is 2.31. The molecule has 6 nitrogen and oxygen atoms in total. The van der Waals surface area contributed by atoms with Crippen LogP contribution in [0.2, 0.25) is 0 Å². The van der Waals surface area contributed by atoms with Gasteiger partial charge in [-0.3, -0.25) is 4.79 Å². The summed E-state index contributed by atoms with van der Waals surface area (Å²) in [7, 11) is 0. The summed E-state index contributed by atoms with van der Waals surface area (Å²) in [6.45, 7) is 9.34. The first-order chi connectivity index (χ1) is 12.4. The van der Waals surface area contributed by atoms with Crippen LogP contribution in [0.5, 0.6) is 0 Å². The number of aromatic nitrogens is 1. The zero-order chi connectivity index (χ0) is 19.1. The van der Waals surface area contributed by atoms with E-state index in [9.17, 15) is 4.79 Å². The minimum absolute atomic E-state index is 0.0436. The number of anilines is 1. The summed E-state index contributed by atoms with van der Waals surface area (Å²) in [5, 5.41) is 10.3. The van der Waals surface area contributed by atoms with Gasteiger partial charge in [0, 0.05) is 21.6 Å². The van der Waals surface area contributed by atoms with Crippen molar-refractivity contribution in [1.82, 2.24) is 15.6 Å². The van der Waals surface area contributed by atoms with E-state index in [-0.39, 0.29) is 12.5 Å². The summed E-state index contributed by atoms with van der Waals surface area (Å²) in [5.74, 6) is 0.451. The lowest BCUT2D eigenvalue weighted by molar-refractivity contribution is -0.114. The van der Waals surface area contributed by atoms with Crippen molar-refractivity contribution in [3.8, 4) is 0 Å². The lowest BCUT2D eigenvalue weighted by Crippen LogP contribution is -2.37. The topological polar surface area (TPSA) is 78.4 Å². The van der Waals surface area contributed by atoms with Crippen LogP contribution in [0.4, 0.5) is 5.69 Å². The number of amides is 1. The van der Waals surface area contributed by atoms with Crippen molar-refractivity contribution in [1.29, 1.82) is 0 Å². The van der Waals surface area contributed by atoms with Gasteiger partial charge in [-0.15, -0.1) is 11.3 Å². The molecule has 2 aromatic rings. The molecule has 1 heterocycles. The second-order valence-electron chi connectivity index (χ2n) is 5.80. The van der Waals surface area contributed by atoms with E-state index in [2.05, 4.69) is 41.9 Å². The van der Waals surface area contributed by atoms with E-state index < -0.39 is 0 Å². The number of aliphatic imine (C=N–C) groups is 1. The Kier molecular flexibility index (Phi) is 7.59. The van der Waals surface area contributed by atoms with Crippen LogP contribution < -0.4 is 16.0 Å². The van der Waals surface area contributed by atoms with Crippen molar-refractivity contribution in [3.05, 3.63) is 43.8 Å².